The van der Waals surface area contributed by atoms with Crippen LogP contribution in [-0.2, 0) is 24.8 Å². The highest BCUT2D eigenvalue weighted by Gasteiger charge is 2.49. The van der Waals surface area contributed by atoms with Crippen molar-refractivity contribution in [3.8, 4) is 0 Å². The Morgan fingerprint density at radius 2 is 0.984 bits per heavy atom. The Hall–Kier alpha value is -6.42. The minimum Gasteiger partial charge on any atom is -0.506 e. The fourth-order valence-corrected chi connectivity index (χ4v) is 10.3. The minimum absolute atomic E-state index is 0.130. The van der Waals surface area contributed by atoms with E-state index in [1.807, 2.05) is 76.2 Å². The first-order chi connectivity index (χ1) is 30.0. The van der Waals surface area contributed by atoms with Crippen LogP contribution in [0.15, 0.2) is 156 Å². The number of hydrogen-bond donors (Lipinski definition) is 3. The van der Waals surface area contributed by atoms with E-state index in [0.29, 0.717) is 16.7 Å². The van der Waals surface area contributed by atoms with Crippen LogP contribution in [0.5, 0.6) is 0 Å². The summed E-state index contributed by atoms with van der Waals surface area (Å²) in [5, 5.41) is 13.5. The molecule has 0 saturated carbocycles. The molecule has 0 aromatic heterocycles. The second kappa shape index (κ2) is 16.9. The molecule has 0 radical (unpaired) electrons. The van der Waals surface area contributed by atoms with E-state index in [4.69, 9.17) is 0 Å². The van der Waals surface area contributed by atoms with Crippen LogP contribution in [0.2, 0.25) is 0 Å². The van der Waals surface area contributed by atoms with Crippen LogP contribution in [0.4, 0.5) is 49.1 Å². The number of hydrogen-bond acceptors (Lipinski definition) is 7. The second-order valence-corrected chi connectivity index (χ2v) is 20.6. The lowest BCUT2D eigenvalue weighted by atomic mass is 9.79. The number of sulfonamides is 2. The maximum Gasteiger partial charge on any atom is 0.516 e. The fourth-order valence-electron chi connectivity index (χ4n) is 6.92. The normalized spacial score (nSPS) is 15.8. The molecule has 2 aliphatic carbocycles. The number of carbonyl (C=O) groups is 1. The molecule has 0 fully saturated rings. The van der Waals surface area contributed by atoms with Crippen LogP contribution in [0, 0.1) is 27.7 Å². The molecule has 0 aliphatic heterocycles. The molecular formula is C46H37F6N3O6PS2+. The zero-order chi connectivity index (χ0) is 46.5. The van der Waals surface area contributed by atoms with Crippen LogP contribution in [0.1, 0.15) is 27.8 Å². The molecule has 0 spiro atoms. The number of aliphatic hydroxyl groups excluding tert-OH is 1. The maximum absolute atomic E-state index is 14.2. The van der Waals surface area contributed by atoms with E-state index >= 15 is 0 Å². The summed E-state index contributed by atoms with van der Waals surface area (Å²) in [6, 6.07) is 32.3. The van der Waals surface area contributed by atoms with E-state index in [-0.39, 0.29) is 5.69 Å². The smallest absolute Gasteiger partial charge is 0.506 e. The summed E-state index contributed by atoms with van der Waals surface area (Å²) in [7, 11) is -13.8. The van der Waals surface area contributed by atoms with E-state index < -0.39 is 83.8 Å². The third-order valence-corrected chi connectivity index (χ3v) is 14.9. The summed E-state index contributed by atoms with van der Waals surface area (Å²) in [5.41, 5.74) is -10.7. The highest BCUT2D eigenvalue weighted by atomic mass is 32.2. The number of allylic oxidation sites excluding steroid dienone is 5. The van der Waals surface area contributed by atoms with Crippen molar-refractivity contribution in [3.63, 3.8) is 0 Å². The van der Waals surface area contributed by atoms with Gasteiger partial charge in [-0.15, -0.1) is 0 Å². The van der Waals surface area contributed by atoms with E-state index in [0.717, 1.165) is 51.1 Å². The largest absolute Gasteiger partial charge is 0.516 e. The number of aliphatic hydroxyl groups is 1. The van der Waals surface area contributed by atoms with Crippen molar-refractivity contribution in [2.24, 2.45) is 0 Å². The van der Waals surface area contributed by atoms with Crippen LogP contribution in [0.3, 0.4) is 0 Å². The maximum atomic E-state index is 14.2. The third kappa shape index (κ3) is 9.01. The molecule has 9 nitrogen and oxygen atoms in total. The average Bonchev–Trinajstić information content (AvgIpc) is 3.21. The van der Waals surface area contributed by atoms with Gasteiger partial charge < -0.3 is 10.0 Å². The number of alkyl halides is 6. The second-order valence-electron chi connectivity index (χ2n) is 15.0. The molecule has 18 heteroatoms. The first-order valence-electron chi connectivity index (χ1n) is 19.1. The van der Waals surface area contributed by atoms with Crippen molar-refractivity contribution < 1.29 is 53.1 Å². The van der Waals surface area contributed by atoms with Crippen LogP contribution < -0.4 is 25.0 Å². The molecule has 3 N–H and O–H groups in total. The van der Waals surface area contributed by atoms with Gasteiger partial charge in [-0.25, -0.2) is 0 Å². The highest BCUT2D eigenvalue weighted by molar-refractivity contribution is 7.93. The van der Waals surface area contributed by atoms with Gasteiger partial charge in [-0.1, -0.05) is 70.8 Å². The summed E-state index contributed by atoms with van der Waals surface area (Å²) in [6.45, 7) is 7.42. The summed E-state index contributed by atoms with van der Waals surface area (Å²) in [6.07, 6.45) is 3.77. The molecule has 7 rings (SSSR count). The molecule has 0 atom stereocenters. The molecule has 0 saturated heterocycles. The number of benzene rings is 5. The number of nitrogens with zero attached hydrogens (tertiary/aromatic N) is 1. The number of ketones is 1. The van der Waals surface area contributed by atoms with E-state index in [9.17, 15) is 53.1 Å². The number of carbonyl (C=O) groups excluding carboxylic acids is 1. The van der Waals surface area contributed by atoms with Gasteiger partial charge in [0.05, 0.1) is 22.5 Å². The van der Waals surface area contributed by atoms with Crippen molar-refractivity contribution in [3.05, 3.63) is 184 Å². The molecular weight excluding hydrogens is 900 g/mol. The van der Waals surface area contributed by atoms with E-state index in [2.05, 4.69) is 0 Å². The molecule has 5 aromatic carbocycles. The Morgan fingerprint density at radius 3 is 1.42 bits per heavy atom. The van der Waals surface area contributed by atoms with Crippen molar-refractivity contribution in [2.45, 2.75) is 38.7 Å². The number of Topliss-reactive ketones (excluding diaryl/α,β-unsaturated/α-hetero) is 1. The van der Waals surface area contributed by atoms with Crippen molar-refractivity contribution >= 4 is 77.6 Å². The molecule has 0 amide bonds. The quantitative estimate of drug-likeness (QED) is 0.0722. The van der Waals surface area contributed by atoms with Crippen molar-refractivity contribution in [1.82, 2.24) is 4.72 Å². The third-order valence-electron chi connectivity index (χ3n) is 10.3. The minimum atomic E-state index is -6.15. The Labute approximate surface area is 366 Å². The van der Waals surface area contributed by atoms with Crippen molar-refractivity contribution in [1.29, 1.82) is 0 Å². The molecule has 0 bridgehead atoms. The van der Waals surface area contributed by atoms with Gasteiger partial charge in [0.15, 0.2) is 23.4 Å². The predicted molar refractivity (Wildman–Crippen MR) is 240 cm³/mol. The monoisotopic (exact) mass is 936 g/mol. The molecule has 2 aliphatic rings. The summed E-state index contributed by atoms with van der Waals surface area (Å²) in [5.74, 6) is -2.08. The molecule has 0 unspecified atom stereocenters. The van der Waals surface area contributed by atoms with Crippen LogP contribution in [-0.4, -0.2) is 44.0 Å². The van der Waals surface area contributed by atoms with Crippen LogP contribution in [0.25, 0.3) is 5.57 Å². The zero-order valence-corrected chi connectivity index (χ0v) is 36.7. The fraction of sp³-hybridized carbons (Fsp3) is 0.130. The molecule has 0 heterocycles. The Morgan fingerprint density at radius 1 is 0.562 bits per heavy atom. The Bertz CT molecular complexity index is 2990. The average molecular weight is 937 g/mol. The van der Waals surface area contributed by atoms with Gasteiger partial charge in [0.25, 0.3) is 0 Å². The number of anilines is 4. The van der Waals surface area contributed by atoms with Gasteiger partial charge in [-0.2, -0.15) is 43.2 Å². The lowest BCUT2D eigenvalue weighted by Crippen LogP contribution is -2.38. The SMILES string of the molecule is Cc1ccc(N(c2ccc(C)cc2)c2ccc(C3=C(O)/C(=C4/C=CC(=[P+](c5ccc(C)cc5)c5ccc(C)cc5)C=C4NS(=O)(=O)C(F)(F)F)C3=O)c(NS(=O)(=O)C(F)(F)F)c2)cc1. The number of halogens is 6. The van der Waals surface area contributed by atoms with E-state index in [1.165, 1.54) is 27.7 Å². The lowest BCUT2D eigenvalue weighted by Gasteiger charge is -2.29. The number of rotatable bonds is 10. The zero-order valence-electron chi connectivity index (χ0n) is 34.2. The predicted octanol–water partition coefficient (Wildman–Crippen LogP) is 10.00. The summed E-state index contributed by atoms with van der Waals surface area (Å²) in [4.78, 5) is 15.8. The Balaban J connectivity index is 1.43. The Kier molecular flexibility index (Phi) is 12.1. The molecule has 64 heavy (non-hydrogen) atoms. The lowest BCUT2D eigenvalue weighted by molar-refractivity contribution is -0.111. The summed E-state index contributed by atoms with van der Waals surface area (Å²) < 4.78 is 137. The van der Waals surface area contributed by atoms with Gasteiger partial charge in [-0.05, 0) is 107 Å². The molecule has 5 aromatic rings. The molecule has 330 valence electrons. The first-order valence-corrected chi connectivity index (χ1v) is 23.5. The topological polar surface area (TPSA) is 133 Å². The summed E-state index contributed by atoms with van der Waals surface area (Å²) >= 11 is 0. The van der Waals surface area contributed by atoms with Crippen LogP contribution >= 0.6 is 7.55 Å². The van der Waals surface area contributed by atoms with Gasteiger partial charge in [0.2, 0.25) is 5.78 Å². The van der Waals surface area contributed by atoms with Gasteiger partial charge in [0, 0.05) is 34.3 Å². The number of nitrogens with one attached hydrogen (secondary N) is 2. The van der Waals surface area contributed by atoms with Gasteiger partial charge in [-0.3, -0.25) is 14.2 Å². The first kappa shape index (κ1) is 45.6. The standard InChI is InChI=1S/C46H36F6N3O6PS2/c1-27-5-13-31(14-6-27)55(32-15-7-28(2)8-16-32)33-17-23-37(39(25-33)53-63(58,59)45(47,48)49)41-43(56)42(44(41)57)38-24-22-36(26-40(38)54-64(60,61)46(50,51)52)62(34-18-9-29(3)10-19-34)35-20-11-30(4)12-21-35/h5-26,53-54H,1-4H3/p+1. The number of aryl methyl sites for hydroxylation is 4. The van der Waals surface area contributed by atoms with Crippen molar-refractivity contribution in [2.75, 3.05) is 9.62 Å². The van der Waals surface area contributed by atoms with E-state index in [1.54, 1.807) is 53.4 Å². The van der Waals surface area contributed by atoms with Gasteiger partial charge in [0.1, 0.15) is 5.76 Å². The van der Waals surface area contributed by atoms with Gasteiger partial charge >= 0.3 is 31.1 Å². The highest BCUT2D eigenvalue weighted by Crippen LogP contribution is 2.46.